The van der Waals surface area contributed by atoms with Gasteiger partial charge in [0.15, 0.2) is 0 Å². The molecule has 90 valence electrons. The van der Waals surface area contributed by atoms with Crippen molar-refractivity contribution in [2.24, 2.45) is 13.0 Å². The maximum atomic E-state index is 11.5. The number of amides is 1. The Balaban J connectivity index is 2.39. The Morgan fingerprint density at radius 2 is 2.12 bits per heavy atom. The number of anilines is 1. The van der Waals surface area contributed by atoms with E-state index in [2.05, 4.69) is 5.32 Å². The number of carbonyl (C=O) groups is 1. The zero-order valence-electron chi connectivity index (χ0n) is 9.98. The number of nitrogens with zero attached hydrogens (tertiary/aromatic N) is 1. The molecule has 0 saturated heterocycles. The van der Waals surface area contributed by atoms with Gasteiger partial charge in [-0.05, 0) is 18.2 Å². The van der Waals surface area contributed by atoms with Crippen LogP contribution < -0.4 is 10.2 Å². The molecule has 1 aromatic carbocycles. The van der Waals surface area contributed by atoms with Gasteiger partial charge in [0.1, 0.15) is 0 Å². The van der Waals surface area contributed by atoms with Crippen molar-refractivity contribution in [3.8, 4) is 0 Å². The summed E-state index contributed by atoms with van der Waals surface area (Å²) in [5, 5.41) is 2.82. The highest BCUT2D eigenvalue weighted by Gasteiger charge is 2.09. The van der Waals surface area contributed by atoms with Crippen molar-refractivity contribution in [1.82, 2.24) is 4.57 Å². The van der Waals surface area contributed by atoms with E-state index >= 15 is 0 Å². The van der Waals surface area contributed by atoms with Gasteiger partial charge in [-0.1, -0.05) is 25.2 Å². The second-order valence-electron chi connectivity index (χ2n) is 4.25. The maximum Gasteiger partial charge on any atom is 0.307 e. The monoisotopic (exact) mass is 250 g/mol. The van der Waals surface area contributed by atoms with Crippen LogP contribution in [0, 0.1) is 5.92 Å². The lowest BCUT2D eigenvalue weighted by Gasteiger charge is -2.07. The highest BCUT2D eigenvalue weighted by molar-refractivity contribution is 7.16. The summed E-state index contributed by atoms with van der Waals surface area (Å²) in [6.07, 6.45) is 0. The Hall–Kier alpha value is -1.62. The number of nitrogens with one attached hydrogen (secondary N) is 1. The van der Waals surface area contributed by atoms with Crippen molar-refractivity contribution in [3.05, 3.63) is 27.9 Å². The van der Waals surface area contributed by atoms with E-state index in [1.807, 2.05) is 32.0 Å². The molecule has 1 N–H and O–H groups in total. The van der Waals surface area contributed by atoms with Gasteiger partial charge >= 0.3 is 4.87 Å². The smallest absolute Gasteiger partial charge is 0.307 e. The quantitative estimate of drug-likeness (QED) is 0.888. The van der Waals surface area contributed by atoms with Gasteiger partial charge in [0.05, 0.1) is 10.2 Å². The standard InChI is InChI=1S/C12H14N2O2S/c1-7(2)11(15)13-8-4-5-9-10(6-8)17-12(16)14(9)3/h4-7H,1-3H3,(H,13,15). The van der Waals surface area contributed by atoms with E-state index in [9.17, 15) is 9.59 Å². The molecule has 1 heterocycles. The molecular weight excluding hydrogens is 236 g/mol. The number of aromatic nitrogens is 1. The van der Waals surface area contributed by atoms with Crippen LogP contribution in [0.15, 0.2) is 23.0 Å². The summed E-state index contributed by atoms with van der Waals surface area (Å²) in [6.45, 7) is 3.68. The van der Waals surface area contributed by atoms with Gasteiger partial charge in [-0.3, -0.25) is 9.59 Å². The van der Waals surface area contributed by atoms with Crippen LogP contribution >= 0.6 is 11.3 Å². The first-order chi connectivity index (χ1) is 7.99. The van der Waals surface area contributed by atoms with Crippen molar-refractivity contribution in [2.75, 3.05) is 5.32 Å². The van der Waals surface area contributed by atoms with Crippen LogP contribution in [-0.2, 0) is 11.8 Å². The average molecular weight is 250 g/mol. The first kappa shape index (κ1) is 11.9. The van der Waals surface area contributed by atoms with Crippen LogP contribution in [0.5, 0.6) is 0 Å². The molecule has 0 aliphatic heterocycles. The second kappa shape index (κ2) is 4.33. The number of carbonyl (C=O) groups excluding carboxylic acids is 1. The molecule has 17 heavy (non-hydrogen) atoms. The third-order valence-electron chi connectivity index (χ3n) is 2.58. The third-order valence-corrected chi connectivity index (χ3v) is 3.58. The number of benzene rings is 1. The number of hydrogen-bond donors (Lipinski definition) is 1. The average Bonchev–Trinajstić information content (AvgIpc) is 2.54. The van der Waals surface area contributed by atoms with E-state index in [0.29, 0.717) is 0 Å². The van der Waals surface area contributed by atoms with Crippen LogP contribution in [0.25, 0.3) is 10.2 Å². The summed E-state index contributed by atoms with van der Waals surface area (Å²) in [6, 6.07) is 5.50. The Morgan fingerprint density at radius 1 is 1.41 bits per heavy atom. The molecule has 0 aliphatic carbocycles. The van der Waals surface area contributed by atoms with E-state index in [1.54, 1.807) is 11.6 Å². The van der Waals surface area contributed by atoms with Crippen LogP contribution in [-0.4, -0.2) is 10.5 Å². The van der Waals surface area contributed by atoms with E-state index < -0.39 is 0 Å². The second-order valence-corrected chi connectivity index (χ2v) is 5.25. The molecule has 2 aromatic rings. The predicted octanol–water partition coefficient (Wildman–Crippen LogP) is 2.19. The minimum absolute atomic E-state index is 0.00679. The summed E-state index contributed by atoms with van der Waals surface area (Å²) >= 11 is 1.18. The Labute approximate surface area is 103 Å². The molecule has 4 nitrogen and oxygen atoms in total. The summed E-state index contributed by atoms with van der Waals surface area (Å²) in [7, 11) is 1.74. The van der Waals surface area contributed by atoms with Crippen LogP contribution in [0.3, 0.4) is 0 Å². The maximum absolute atomic E-state index is 11.5. The zero-order chi connectivity index (χ0) is 12.6. The van der Waals surface area contributed by atoms with Crippen molar-refractivity contribution >= 4 is 33.1 Å². The van der Waals surface area contributed by atoms with Gasteiger partial charge in [0, 0.05) is 18.7 Å². The lowest BCUT2D eigenvalue weighted by molar-refractivity contribution is -0.118. The number of aryl methyl sites for hydroxylation is 1. The lowest BCUT2D eigenvalue weighted by atomic mass is 10.2. The van der Waals surface area contributed by atoms with Crippen LogP contribution in [0.1, 0.15) is 13.8 Å². The molecule has 0 aliphatic rings. The number of thiazole rings is 1. The highest BCUT2D eigenvalue weighted by Crippen LogP contribution is 2.21. The number of hydrogen-bond acceptors (Lipinski definition) is 3. The van der Waals surface area contributed by atoms with Crippen LogP contribution in [0.2, 0.25) is 0 Å². The van der Waals surface area contributed by atoms with Gasteiger partial charge in [0.25, 0.3) is 0 Å². The Kier molecular flexibility index (Phi) is 3.02. The first-order valence-electron chi connectivity index (χ1n) is 5.39. The summed E-state index contributed by atoms with van der Waals surface area (Å²) in [4.78, 5) is 23.0. The van der Waals surface area contributed by atoms with Crippen LogP contribution in [0.4, 0.5) is 5.69 Å². The molecule has 1 aromatic heterocycles. The lowest BCUT2D eigenvalue weighted by Crippen LogP contribution is -2.17. The predicted molar refractivity (Wildman–Crippen MR) is 70.5 cm³/mol. The Bertz CT molecular complexity index is 625. The molecule has 0 saturated carbocycles. The zero-order valence-corrected chi connectivity index (χ0v) is 10.8. The molecular formula is C12H14N2O2S. The molecule has 0 unspecified atom stereocenters. The number of fused-ring (bicyclic) bond motifs is 1. The molecule has 5 heteroatoms. The third kappa shape index (κ3) is 2.24. The first-order valence-corrected chi connectivity index (χ1v) is 6.21. The fraction of sp³-hybridized carbons (Fsp3) is 0.333. The van der Waals surface area contributed by atoms with Gasteiger partial charge in [0.2, 0.25) is 5.91 Å². The minimum atomic E-state index is -0.0554. The summed E-state index contributed by atoms with van der Waals surface area (Å²) in [5.41, 5.74) is 1.63. The molecule has 1 amide bonds. The fourth-order valence-corrected chi connectivity index (χ4v) is 2.42. The van der Waals surface area contributed by atoms with Crippen molar-refractivity contribution < 1.29 is 4.79 Å². The molecule has 2 rings (SSSR count). The van der Waals surface area contributed by atoms with E-state index in [4.69, 9.17) is 0 Å². The van der Waals surface area contributed by atoms with Gasteiger partial charge in [-0.2, -0.15) is 0 Å². The molecule has 0 fully saturated rings. The summed E-state index contributed by atoms with van der Waals surface area (Å²) < 4.78 is 2.49. The van der Waals surface area contributed by atoms with Gasteiger partial charge in [-0.15, -0.1) is 0 Å². The Morgan fingerprint density at radius 3 is 2.76 bits per heavy atom. The number of rotatable bonds is 2. The molecule has 0 atom stereocenters. The SMILES string of the molecule is CC(C)C(=O)Nc1ccc2c(c1)sc(=O)n2C. The minimum Gasteiger partial charge on any atom is -0.326 e. The van der Waals surface area contributed by atoms with Gasteiger partial charge in [-0.25, -0.2) is 0 Å². The molecule has 0 bridgehead atoms. The molecule has 0 radical (unpaired) electrons. The van der Waals surface area contributed by atoms with Crippen molar-refractivity contribution in [3.63, 3.8) is 0 Å². The van der Waals surface area contributed by atoms with Gasteiger partial charge < -0.3 is 9.88 Å². The fourth-order valence-electron chi connectivity index (χ4n) is 1.50. The van der Waals surface area contributed by atoms with E-state index in [1.165, 1.54) is 11.3 Å². The highest BCUT2D eigenvalue weighted by atomic mass is 32.1. The summed E-state index contributed by atoms with van der Waals surface area (Å²) in [5.74, 6) is -0.0761. The van der Waals surface area contributed by atoms with E-state index in [-0.39, 0.29) is 16.7 Å². The van der Waals surface area contributed by atoms with E-state index in [0.717, 1.165) is 15.9 Å². The van der Waals surface area contributed by atoms with Crippen molar-refractivity contribution in [2.45, 2.75) is 13.8 Å². The normalized spacial score (nSPS) is 11.1. The van der Waals surface area contributed by atoms with Crippen molar-refractivity contribution in [1.29, 1.82) is 0 Å². The topological polar surface area (TPSA) is 51.1 Å². The largest absolute Gasteiger partial charge is 0.326 e. The molecule has 0 spiro atoms.